The van der Waals surface area contributed by atoms with Crippen molar-refractivity contribution < 1.29 is 34.5 Å². The largest absolute Gasteiger partial charge is 0.392 e. The Labute approximate surface area is 287 Å². The summed E-state index contributed by atoms with van der Waals surface area (Å²) in [7, 11) is 0. The van der Waals surface area contributed by atoms with Crippen LogP contribution in [0, 0.1) is 0 Å². The Morgan fingerprint density at radius 3 is 2.08 bits per heavy atom. The first-order valence-corrected chi connectivity index (χ1v) is 17.2. The van der Waals surface area contributed by atoms with Crippen LogP contribution in [0.25, 0.3) is 0 Å². The van der Waals surface area contributed by atoms with E-state index in [1.54, 1.807) is 5.48 Å². The summed E-state index contributed by atoms with van der Waals surface area (Å²) in [5, 5.41) is 33.1. The molecule has 5 N–H and O–H groups in total. The first kappa shape index (κ1) is 35.9. The van der Waals surface area contributed by atoms with E-state index in [2.05, 4.69) is 10.2 Å². The Balaban J connectivity index is 1.18. The Kier molecular flexibility index (Phi) is 13.0. The van der Waals surface area contributed by atoms with Crippen molar-refractivity contribution >= 4 is 29.1 Å². The molecule has 3 aromatic carbocycles. The second kappa shape index (κ2) is 17.3. The van der Waals surface area contributed by atoms with Crippen molar-refractivity contribution in [2.75, 3.05) is 25.0 Å². The van der Waals surface area contributed by atoms with Crippen LogP contribution in [0.4, 0.5) is 5.69 Å². The van der Waals surface area contributed by atoms with Crippen LogP contribution in [0.1, 0.15) is 92.4 Å². The molecule has 3 aromatic rings. The molecule has 2 heterocycles. The van der Waals surface area contributed by atoms with E-state index in [4.69, 9.17) is 26.3 Å². The first-order chi connectivity index (χ1) is 23.2. The van der Waals surface area contributed by atoms with Crippen molar-refractivity contribution in [2.24, 2.45) is 0 Å². The fourth-order valence-corrected chi connectivity index (χ4v) is 6.53. The maximum atomic E-state index is 12.5. The molecule has 2 aliphatic rings. The number of nitrogens with zero attached hydrogens (tertiary/aromatic N) is 1. The molecule has 5 rings (SSSR count). The van der Waals surface area contributed by atoms with Crippen LogP contribution in [0.3, 0.4) is 0 Å². The van der Waals surface area contributed by atoms with Crippen molar-refractivity contribution in [1.82, 2.24) is 10.4 Å². The van der Waals surface area contributed by atoms with E-state index in [0.717, 1.165) is 48.2 Å². The molecule has 11 heteroatoms. The highest BCUT2D eigenvalue weighted by Crippen LogP contribution is 2.39. The minimum absolute atomic E-state index is 0.0219. The molecule has 0 spiro atoms. The van der Waals surface area contributed by atoms with Gasteiger partial charge in [0, 0.05) is 55.2 Å². The third kappa shape index (κ3) is 10.1. The van der Waals surface area contributed by atoms with Gasteiger partial charge in [-0.05, 0) is 66.6 Å². The van der Waals surface area contributed by atoms with Gasteiger partial charge in [0.05, 0.1) is 24.4 Å². The van der Waals surface area contributed by atoms with Crippen molar-refractivity contribution in [2.45, 2.75) is 88.5 Å². The zero-order chi connectivity index (χ0) is 33.9. The van der Waals surface area contributed by atoms with E-state index in [1.165, 1.54) is 0 Å². The Morgan fingerprint density at radius 1 is 0.833 bits per heavy atom. The molecule has 0 saturated carbocycles. The van der Waals surface area contributed by atoms with Crippen molar-refractivity contribution in [1.29, 1.82) is 0 Å². The van der Waals surface area contributed by atoms with Gasteiger partial charge >= 0.3 is 0 Å². The molecule has 0 radical (unpaired) electrons. The number of hydrogen-bond acceptors (Lipinski definition) is 8. The van der Waals surface area contributed by atoms with Gasteiger partial charge in [0.25, 0.3) is 0 Å². The number of carbonyl (C=O) groups is 2. The van der Waals surface area contributed by atoms with Crippen LogP contribution in [0.5, 0.6) is 0 Å². The average molecular weight is 680 g/mol. The van der Waals surface area contributed by atoms with Gasteiger partial charge in [-0.15, -0.1) is 0 Å². The standard InChI is InChI=1S/C37H46ClN3O7/c38-30-15-13-29(14-16-30)37(45)19-21-41(22-20-37)24-32-23-33(27-9-7-26(25-42)8-10-27)48-36(47-32)28-11-17-31(18-12-28)39-34(43)5-3-1-2-4-6-35(44)40-46/h7-18,32-33,36,42,45-46H,1-6,19-25H2,(H,39,43)(H,40,44)/t32-,33+,36+/m1/s1. The summed E-state index contributed by atoms with van der Waals surface area (Å²) >= 11 is 6.07. The third-order valence-corrected chi connectivity index (χ3v) is 9.54. The van der Waals surface area contributed by atoms with E-state index in [1.807, 2.05) is 72.8 Å². The van der Waals surface area contributed by atoms with Crippen molar-refractivity contribution in [3.63, 3.8) is 0 Å². The molecule has 0 bridgehead atoms. The molecule has 2 aliphatic heterocycles. The van der Waals surface area contributed by atoms with E-state index in [9.17, 15) is 19.8 Å². The first-order valence-electron chi connectivity index (χ1n) is 16.8. The monoisotopic (exact) mass is 679 g/mol. The molecule has 2 fully saturated rings. The number of benzene rings is 3. The van der Waals surface area contributed by atoms with Crippen molar-refractivity contribution in [3.05, 3.63) is 100 Å². The number of carbonyl (C=O) groups excluding carboxylic acids is 2. The fraction of sp³-hybridized carbons (Fsp3) is 0.459. The van der Waals surface area contributed by atoms with E-state index >= 15 is 0 Å². The van der Waals surface area contributed by atoms with Crippen LogP contribution in [0.2, 0.25) is 5.02 Å². The number of ether oxygens (including phenoxy) is 2. The van der Waals surface area contributed by atoms with Gasteiger partial charge in [0.2, 0.25) is 11.8 Å². The van der Waals surface area contributed by atoms with Gasteiger partial charge in [-0.25, -0.2) is 5.48 Å². The molecule has 0 aromatic heterocycles. The second-order valence-corrected chi connectivity index (χ2v) is 13.2. The molecular formula is C37H46ClN3O7. The minimum atomic E-state index is -0.880. The number of likely N-dealkylation sites (tertiary alicyclic amines) is 1. The summed E-state index contributed by atoms with van der Waals surface area (Å²) in [6.45, 7) is 2.14. The van der Waals surface area contributed by atoms with Gasteiger partial charge in [-0.3, -0.25) is 14.8 Å². The highest BCUT2D eigenvalue weighted by Gasteiger charge is 2.37. The number of hydrogen-bond donors (Lipinski definition) is 5. The number of rotatable bonds is 14. The van der Waals surface area contributed by atoms with Crippen LogP contribution in [-0.2, 0) is 31.3 Å². The van der Waals surface area contributed by atoms with Gasteiger partial charge in [0.15, 0.2) is 6.29 Å². The fourth-order valence-electron chi connectivity index (χ4n) is 6.40. The van der Waals surface area contributed by atoms with Crippen LogP contribution in [0.15, 0.2) is 72.8 Å². The van der Waals surface area contributed by atoms with Crippen LogP contribution < -0.4 is 10.8 Å². The number of anilines is 1. The van der Waals surface area contributed by atoms with Crippen LogP contribution >= 0.6 is 11.6 Å². The Morgan fingerprint density at radius 2 is 1.46 bits per heavy atom. The molecule has 2 amide bonds. The molecule has 2 saturated heterocycles. The molecule has 0 unspecified atom stereocenters. The van der Waals surface area contributed by atoms with Crippen LogP contribution in [-0.4, -0.2) is 57.9 Å². The highest BCUT2D eigenvalue weighted by molar-refractivity contribution is 6.30. The van der Waals surface area contributed by atoms with E-state index in [0.29, 0.717) is 55.8 Å². The molecule has 3 atom stereocenters. The lowest BCUT2D eigenvalue weighted by Gasteiger charge is -2.42. The molecule has 258 valence electrons. The summed E-state index contributed by atoms with van der Waals surface area (Å²) in [5.74, 6) is -0.466. The summed E-state index contributed by atoms with van der Waals surface area (Å²) in [4.78, 5) is 25.9. The third-order valence-electron chi connectivity index (χ3n) is 9.29. The van der Waals surface area contributed by atoms with E-state index in [-0.39, 0.29) is 31.1 Å². The van der Waals surface area contributed by atoms with E-state index < -0.39 is 17.8 Å². The number of nitrogens with one attached hydrogen (secondary N) is 2. The average Bonchev–Trinajstić information content (AvgIpc) is 3.11. The maximum Gasteiger partial charge on any atom is 0.243 e. The van der Waals surface area contributed by atoms with Gasteiger partial charge in [0.1, 0.15) is 0 Å². The van der Waals surface area contributed by atoms with Gasteiger partial charge < -0.3 is 29.9 Å². The Hall–Kier alpha value is -3.35. The normalized spacial score (nSPS) is 21.0. The lowest BCUT2D eigenvalue weighted by Crippen LogP contribution is -2.46. The molecular weight excluding hydrogens is 634 g/mol. The lowest BCUT2D eigenvalue weighted by molar-refractivity contribution is -0.253. The number of piperidine rings is 1. The Bertz CT molecular complexity index is 1460. The zero-order valence-corrected chi connectivity index (χ0v) is 27.9. The smallest absolute Gasteiger partial charge is 0.243 e. The zero-order valence-electron chi connectivity index (χ0n) is 27.2. The number of aliphatic hydroxyl groups excluding tert-OH is 1. The summed E-state index contributed by atoms with van der Waals surface area (Å²) in [6, 6.07) is 22.8. The number of unbranched alkanes of at least 4 members (excludes halogenated alkanes) is 3. The number of hydroxylamine groups is 1. The summed E-state index contributed by atoms with van der Waals surface area (Å²) in [6.07, 6.45) is 4.63. The number of halogens is 1. The van der Waals surface area contributed by atoms with Gasteiger partial charge in [-0.2, -0.15) is 0 Å². The summed E-state index contributed by atoms with van der Waals surface area (Å²) in [5.41, 5.74) is 5.02. The molecule has 10 nitrogen and oxygen atoms in total. The number of aliphatic hydroxyl groups is 2. The molecule has 48 heavy (non-hydrogen) atoms. The van der Waals surface area contributed by atoms with Gasteiger partial charge in [-0.1, -0.05) is 73.0 Å². The minimum Gasteiger partial charge on any atom is -0.392 e. The van der Waals surface area contributed by atoms with Crippen molar-refractivity contribution in [3.8, 4) is 0 Å². The second-order valence-electron chi connectivity index (χ2n) is 12.8. The SMILES string of the molecule is O=C(CCCCCCC(=O)Nc1ccc([C@H]2O[C@@H](CN3CCC(O)(c4ccc(Cl)cc4)CC3)C[C@@H](c3ccc(CO)cc3)O2)cc1)NO. The topological polar surface area (TPSA) is 141 Å². The predicted octanol–water partition coefficient (Wildman–Crippen LogP) is 6.15. The highest BCUT2D eigenvalue weighted by atomic mass is 35.5. The molecule has 0 aliphatic carbocycles. The maximum absolute atomic E-state index is 12.5. The number of amides is 2. The lowest BCUT2D eigenvalue weighted by atomic mass is 9.84. The summed E-state index contributed by atoms with van der Waals surface area (Å²) < 4.78 is 13.0. The quantitative estimate of drug-likeness (QED) is 0.0777. The predicted molar refractivity (Wildman–Crippen MR) is 182 cm³/mol.